The van der Waals surface area contributed by atoms with Gasteiger partial charge in [-0.3, -0.25) is 0 Å². The van der Waals surface area contributed by atoms with Crippen molar-refractivity contribution in [1.29, 1.82) is 5.26 Å². The number of aryl methyl sites for hydroxylation is 1. The number of fused-ring (bicyclic) bond motifs is 16. The van der Waals surface area contributed by atoms with Gasteiger partial charge in [-0.1, -0.05) is 248 Å². The number of hydrogen-bond donors (Lipinski definition) is 0. The highest BCUT2D eigenvalue weighted by molar-refractivity contribution is 7.00. The van der Waals surface area contributed by atoms with Gasteiger partial charge in [0, 0.05) is 92.3 Å². The Labute approximate surface area is 616 Å². The van der Waals surface area contributed by atoms with E-state index in [0.29, 0.717) is 5.56 Å². The van der Waals surface area contributed by atoms with Gasteiger partial charge in [-0.2, -0.15) is 5.26 Å². The van der Waals surface area contributed by atoms with Crippen LogP contribution in [-0.4, -0.2) is 25.0 Å². The Hall–Kier alpha value is -14.1. The van der Waals surface area contributed by atoms with Crippen LogP contribution >= 0.6 is 0 Å². The largest absolute Gasteiger partial charge is 0.311 e. The molecule has 4 aromatic heterocycles. The second-order valence-electron chi connectivity index (χ2n) is 28.0. The molecule has 2 aliphatic heterocycles. The summed E-state index contributed by atoms with van der Waals surface area (Å²) in [4.78, 5) is 5.00. The first-order valence-corrected chi connectivity index (χ1v) is 36.2. The molecule has 0 unspecified atom stereocenters. The van der Waals surface area contributed by atoms with Crippen LogP contribution in [0.1, 0.15) is 15.2 Å². The van der Waals surface area contributed by atoms with Crippen molar-refractivity contribution in [3.05, 3.63) is 369 Å². The molecular formula is C98H62BN7. The summed E-state index contributed by atoms with van der Waals surface area (Å²) in [6, 6.07) is 131. The maximum absolute atomic E-state index is 10.4. The second kappa shape index (κ2) is 23.2. The highest BCUT2D eigenvalue weighted by Crippen LogP contribution is 2.52. The predicted octanol–water partition coefficient (Wildman–Crippen LogP) is 23.3. The number of benzene rings is 16. The zero-order chi connectivity index (χ0) is 72.3. The van der Waals surface area contributed by atoms with Crippen molar-refractivity contribution in [3.63, 3.8) is 0 Å². The molecule has 492 valence electrons. The fraction of sp³-hybridized carbons (Fsp3) is 0.0102. The fourth-order valence-corrected chi connectivity index (χ4v) is 18.1. The average Bonchev–Trinajstić information content (AvgIpc) is 1.50. The normalized spacial score (nSPS) is 13.0. The highest BCUT2D eigenvalue weighted by Gasteiger charge is 2.45. The van der Waals surface area contributed by atoms with E-state index in [4.69, 9.17) is 4.11 Å². The van der Waals surface area contributed by atoms with Crippen LogP contribution < -0.4 is 26.2 Å². The van der Waals surface area contributed by atoms with Gasteiger partial charge in [0.15, 0.2) is 0 Å². The van der Waals surface area contributed by atoms with Crippen molar-refractivity contribution >= 4 is 144 Å². The van der Waals surface area contributed by atoms with Crippen molar-refractivity contribution in [2.24, 2.45) is 0 Å². The monoisotopic (exact) mass is 1350 g/mol. The molecule has 8 heteroatoms. The summed E-state index contributed by atoms with van der Waals surface area (Å²) < 4.78 is 36.8. The summed E-state index contributed by atoms with van der Waals surface area (Å²) in [6.45, 7) is -2.80. The minimum absolute atomic E-state index is 0.248. The van der Waals surface area contributed by atoms with Crippen LogP contribution in [0.15, 0.2) is 358 Å². The molecule has 0 amide bonds. The Bertz CT molecular complexity index is 7120. The van der Waals surface area contributed by atoms with E-state index in [9.17, 15) is 5.26 Å². The first-order chi connectivity index (χ1) is 53.7. The van der Waals surface area contributed by atoms with Gasteiger partial charge in [0.1, 0.15) is 0 Å². The van der Waals surface area contributed by atoms with E-state index in [1.165, 1.54) is 21.5 Å². The molecular weight excluding hydrogens is 1290 g/mol. The molecule has 6 heterocycles. The lowest BCUT2D eigenvalue weighted by atomic mass is 9.33. The number of nitriles is 1. The standard InChI is InChI=1S/C98H62BN7/c1-62-47-53-90(78(55-62)65-27-6-3-7-28-65)105-94-58-67(101-85-41-19-15-36-77(85)79-56-63(61-100)48-54-91(79)101)50-52-81(94)99-80-51-49-66(70-37-24-46-92(103-86-42-20-11-32-73(86)74-33-12-21-43-87(74)103)98(70)106-88-44-22-13-34-75(88)76-35-14-23-45-89(76)106)57-93(80)104(82-38-16-8-29-69(82)64-25-4-2-5-26-64)95-59-68(60-96(105)97(95)99)102-83-39-17-9-30-71(83)72-31-10-18-40-84(72)102/h2-60H,1H3/i1D3. The van der Waals surface area contributed by atoms with Gasteiger partial charge in [0.25, 0.3) is 6.71 Å². The Morgan fingerprint density at radius 1 is 0.274 bits per heavy atom. The van der Waals surface area contributed by atoms with Crippen LogP contribution in [0.4, 0.5) is 34.1 Å². The van der Waals surface area contributed by atoms with Gasteiger partial charge in [-0.05, 0) is 155 Å². The second-order valence-corrected chi connectivity index (χ2v) is 28.0. The Kier molecular flexibility index (Phi) is 12.4. The number of nitrogens with zero attached hydrogens (tertiary/aromatic N) is 7. The predicted molar refractivity (Wildman–Crippen MR) is 444 cm³/mol. The molecule has 106 heavy (non-hydrogen) atoms. The number of rotatable bonds is 9. The van der Waals surface area contributed by atoms with Gasteiger partial charge < -0.3 is 28.1 Å². The lowest BCUT2D eigenvalue weighted by molar-refractivity contribution is 1.10. The van der Waals surface area contributed by atoms with Crippen LogP contribution in [0.25, 0.3) is 143 Å². The van der Waals surface area contributed by atoms with E-state index >= 15 is 0 Å². The molecule has 2 aliphatic rings. The molecule has 20 aromatic rings. The lowest BCUT2D eigenvalue weighted by Crippen LogP contribution is -2.61. The highest BCUT2D eigenvalue weighted by atomic mass is 15.2. The van der Waals surface area contributed by atoms with Crippen molar-refractivity contribution in [2.75, 3.05) is 9.80 Å². The molecule has 0 aliphatic carbocycles. The summed E-state index contributed by atoms with van der Waals surface area (Å²) in [5, 5.41) is 19.4. The van der Waals surface area contributed by atoms with E-state index < -0.39 is 6.85 Å². The summed E-state index contributed by atoms with van der Waals surface area (Å²) in [5.41, 5.74) is 28.2. The first kappa shape index (κ1) is 56.5. The van der Waals surface area contributed by atoms with E-state index in [1.807, 2.05) is 42.5 Å². The van der Waals surface area contributed by atoms with Gasteiger partial charge in [-0.25, -0.2) is 0 Å². The van der Waals surface area contributed by atoms with Gasteiger partial charge in [0.05, 0.1) is 84.2 Å². The minimum Gasteiger partial charge on any atom is -0.311 e. The molecule has 0 radical (unpaired) electrons. The van der Waals surface area contributed by atoms with E-state index in [1.54, 1.807) is 6.07 Å². The molecule has 7 nitrogen and oxygen atoms in total. The van der Waals surface area contributed by atoms with Crippen LogP contribution in [0, 0.1) is 18.2 Å². The van der Waals surface area contributed by atoms with Crippen molar-refractivity contribution < 1.29 is 4.11 Å². The van der Waals surface area contributed by atoms with E-state index in [-0.39, 0.29) is 12.3 Å². The molecule has 0 fully saturated rings. The molecule has 22 rings (SSSR count). The lowest BCUT2D eigenvalue weighted by Gasteiger charge is -2.45. The third-order valence-corrected chi connectivity index (χ3v) is 22.4. The average molecular weight is 1350 g/mol. The van der Waals surface area contributed by atoms with E-state index in [2.05, 4.69) is 344 Å². The molecule has 0 bridgehead atoms. The van der Waals surface area contributed by atoms with Gasteiger partial charge >= 0.3 is 0 Å². The summed E-state index contributed by atoms with van der Waals surface area (Å²) >= 11 is 0. The maximum Gasteiger partial charge on any atom is 0.252 e. The zero-order valence-electron chi connectivity index (χ0n) is 60.3. The third kappa shape index (κ3) is 8.69. The van der Waals surface area contributed by atoms with E-state index in [0.717, 1.165) is 172 Å². The fourth-order valence-electron chi connectivity index (χ4n) is 18.1. The SMILES string of the molecule is [2H]C([2H])([2H])c1ccc(N2c3cc(-n4c5ccccc5c5cc(C#N)ccc54)ccc3B3c4ccc(-c5cccc(-n6c7ccccc7c7ccccc76)c5-n5c6ccccc6c6ccccc65)cc4N(c4ccccc4-c4ccccc4)c4cc(-n5c6ccccc6c6ccccc65)cc2c43)c(-c2ccccc2)c1. The van der Waals surface area contributed by atoms with Crippen LogP contribution in [0.3, 0.4) is 0 Å². The Morgan fingerprint density at radius 2 is 0.698 bits per heavy atom. The molecule has 0 spiro atoms. The molecule has 0 saturated carbocycles. The number of hydrogen-bond acceptors (Lipinski definition) is 3. The quantitative estimate of drug-likeness (QED) is 0.135. The minimum atomic E-state index is -2.41. The first-order valence-electron chi connectivity index (χ1n) is 37.7. The third-order valence-electron chi connectivity index (χ3n) is 22.4. The number of aromatic nitrogens is 4. The molecule has 0 atom stereocenters. The van der Waals surface area contributed by atoms with Crippen LogP contribution in [0.2, 0.25) is 0 Å². The number of anilines is 6. The molecule has 0 saturated heterocycles. The molecule has 16 aromatic carbocycles. The summed E-state index contributed by atoms with van der Waals surface area (Å²) in [6.07, 6.45) is 0. The van der Waals surface area contributed by atoms with Gasteiger partial charge in [0.2, 0.25) is 0 Å². The van der Waals surface area contributed by atoms with Crippen LogP contribution in [0.5, 0.6) is 0 Å². The number of para-hydroxylation sites is 9. The Balaban J connectivity index is 0.896. The van der Waals surface area contributed by atoms with Crippen molar-refractivity contribution in [2.45, 2.75) is 6.85 Å². The van der Waals surface area contributed by atoms with Gasteiger partial charge in [-0.15, -0.1) is 0 Å². The Morgan fingerprint density at radius 3 is 1.25 bits per heavy atom. The zero-order valence-corrected chi connectivity index (χ0v) is 57.3. The summed E-state index contributed by atoms with van der Waals surface area (Å²) in [7, 11) is 0. The smallest absolute Gasteiger partial charge is 0.252 e. The maximum atomic E-state index is 10.4. The van der Waals surface area contributed by atoms with Crippen LogP contribution in [-0.2, 0) is 0 Å². The van der Waals surface area contributed by atoms with Crippen molar-refractivity contribution in [3.8, 4) is 62.2 Å². The topological polar surface area (TPSA) is 50.0 Å². The van der Waals surface area contributed by atoms with Crippen molar-refractivity contribution in [1.82, 2.24) is 18.3 Å². The summed E-state index contributed by atoms with van der Waals surface area (Å²) in [5.74, 6) is 0. The molecule has 0 N–H and O–H groups in total.